The minimum Gasteiger partial charge on any atom is -0.389 e. The maximum absolute atomic E-state index is 10.8. The lowest BCUT2D eigenvalue weighted by atomic mass is 9.65. The van der Waals surface area contributed by atoms with E-state index in [4.69, 9.17) is 5.73 Å². The smallest absolute Gasteiger partial charge is 0.0739 e. The summed E-state index contributed by atoms with van der Waals surface area (Å²) in [6.45, 7) is 7.94. The van der Waals surface area contributed by atoms with Crippen molar-refractivity contribution in [3.8, 4) is 0 Å². The van der Waals surface area contributed by atoms with E-state index in [-0.39, 0.29) is 5.41 Å². The summed E-state index contributed by atoms with van der Waals surface area (Å²) >= 11 is 0. The first-order valence-corrected chi connectivity index (χ1v) is 6.01. The predicted octanol–water partition coefficient (Wildman–Crippen LogP) is 1.21. The maximum atomic E-state index is 10.8. The number of nitrogens with zero attached hydrogens (tertiary/aromatic N) is 1. The zero-order chi connectivity index (χ0) is 11.7. The van der Waals surface area contributed by atoms with Gasteiger partial charge in [0.05, 0.1) is 5.60 Å². The van der Waals surface area contributed by atoms with Gasteiger partial charge in [-0.15, -0.1) is 0 Å². The molecule has 1 fully saturated rings. The Labute approximate surface area is 93.6 Å². The van der Waals surface area contributed by atoms with Crippen LogP contribution >= 0.6 is 0 Å². The Balaban J connectivity index is 2.83. The van der Waals surface area contributed by atoms with E-state index >= 15 is 0 Å². The van der Waals surface area contributed by atoms with Gasteiger partial charge in [0.2, 0.25) is 0 Å². The molecule has 0 aromatic carbocycles. The molecule has 90 valence electrons. The summed E-state index contributed by atoms with van der Waals surface area (Å²) in [7, 11) is 2.12. The number of hydrogen-bond acceptors (Lipinski definition) is 3. The molecule has 0 amide bonds. The van der Waals surface area contributed by atoms with Gasteiger partial charge in [0.25, 0.3) is 0 Å². The predicted molar refractivity (Wildman–Crippen MR) is 63.7 cm³/mol. The summed E-state index contributed by atoms with van der Waals surface area (Å²) in [5.41, 5.74) is 5.12. The van der Waals surface area contributed by atoms with E-state index < -0.39 is 5.60 Å². The normalized spacial score (nSPS) is 37.6. The molecular weight excluding hydrogens is 188 g/mol. The molecule has 1 heterocycles. The molecule has 0 bridgehead atoms. The molecule has 0 saturated carbocycles. The molecule has 0 aliphatic carbocycles. The van der Waals surface area contributed by atoms with Crippen LogP contribution in [0, 0.1) is 5.41 Å². The SMILES string of the molecule is CCC(C)(CN)C1(O)CCN(C)C(C)C1. The third kappa shape index (κ3) is 2.19. The van der Waals surface area contributed by atoms with Crippen LogP contribution in [-0.2, 0) is 0 Å². The fraction of sp³-hybridized carbons (Fsp3) is 1.00. The van der Waals surface area contributed by atoms with Crippen molar-refractivity contribution in [3.05, 3.63) is 0 Å². The average Bonchev–Trinajstić information content (AvgIpc) is 2.22. The Bertz CT molecular complexity index is 216. The highest BCUT2D eigenvalue weighted by atomic mass is 16.3. The van der Waals surface area contributed by atoms with Crippen LogP contribution < -0.4 is 5.73 Å². The Kier molecular flexibility index (Phi) is 3.80. The van der Waals surface area contributed by atoms with Crippen molar-refractivity contribution in [3.63, 3.8) is 0 Å². The highest BCUT2D eigenvalue weighted by Gasteiger charge is 2.47. The van der Waals surface area contributed by atoms with E-state index in [2.05, 4.69) is 32.7 Å². The number of piperidine rings is 1. The highest BCUT2D eigenvalue weighted by molar-refractivity contribution is 5.01. The van der Waals surface area contributed by atoms with E-state index in [0.717, 1.165) is 25.8 Å². The van der Waals surface area contributed by atoms with Gasteiger partial charge in [-0.25, -0.2) is 0 Å². The van der Waals surface area contributed by atoms with Crippen molar-refractivity contribution < 1.29 is 5.11 Å². The number of nitrogens with two attached hydrogens (primary N) is 1. The second-order valence-corrected chi connectivity index (χ2v) is 5.43. The first-order valence-electron chi connectivity index (χ1n) is 6.01. The summed E-state index contributed by atoms with van der Waals surface area (Å²) in [6, 6.07) is 0.446. The molecule has 3 N–H and O–H groups in total. The lowest BCUT2D eigenvalue weighted by Crippen LogP contribution is -2.58. The number of likely N-dealkylation sites (tertiary alicyclic amines) is 1. The van der Waals surface area contributed by atoms with Crippen LogP contribution in [0.4, 0.5) is 0 Å². The van der Waals surface area contributed by atoms with Crippen molar-refractivity contribution in [2.75, 3.05) is 20.1 Å². The monoisotopic (exact) mass is 214 g/mol. The Hall–Kier alpha value is -0.120. The lowest BCUT2D eigenvalue weighted by Gasteiger charge is -2.50. The third-order valence-electron chi connectivity index (χ3n) is 4.62. The van der Waals surface area contributed by atoms with Crippen LogP contribution in [-0.4, -0.2) is 41.8 Å². The van der Waals surface area contributed by atoms with Gasteiger partial charge in [0.1, 0.15) is 0 Å². The maximum Gasteiger partial charge on any atom is 0.0739 e. The molecule has 15 heavy (non-hydrogen) atoms. The first-order chi connectivity index (χ1) is 6.88. The van der Waals surface area contributed by atoms with Crippen LogP contribution in [0.1, 0.15) is 40.0 Å². The fourth-order valence-electron chi connectivity index (χ4n) is 2.54. The molecular formula is C12H26N2O. The summed E-state index contributed by atoms with van der Waals surface area (Å²) in [4.78, 5) is 2.31. The lowest BCUT2D eigenvalue weighted by molar-refractivity contribution is -0.121. The summed E-state index contributed by atoms with van der Waals surface area (Å²) < 4.78 is 0. The zero-order valence-electron chi connectivity index (χ0n) is 10.6. The van der Waals surface area contributed by atoms with Gasteiger partial charge in [-0.2, -0.15) is 0 Å². The fourth-order valence-corrected chi connectivity index (χ4v) is 2.54. The summed E-state index contributed by atoms with van der Waals surface area (Å²) in [6.07, 6.45) is 2.62. The second kappa shape index (κ2) is 4.40. The first kappa shape index (κ1) is 12.9. The molecule has 0 spiro atoms. The van der Waals surface area contributed by atoms with Gasteiger partial charge in [-0.3, -0.25) is 0 Å². The minimum absolute atomic E-state index is 0.136. The summed E-state index contributed by atoms with van der Waals surface area (Å²) in [5.74, 6) is 0. The van der Waals surface area contributed by atoms with Crippen molar-refractivity contribution in [2.24, 2.45) is 11.1 Å². The van der Waals surface area contributed by atoms with E-state index in [9.17, 15) is 5.11 Å². The van der Waals surface area contributed by atoms with Gasteiger partial charge < -0.3 is 15.7 Å². The van der Waals surface area contributed by atoms with Crippen LogP contribution in [0.3, 0.4) is 0 Å². The average molecular weight is 214 g/mol. The van der Waals surface area contributed by atoms with Gasteiger partial charge in [0, 0.05) is 24.5 Å². The minimum atomic E-state index is -0.581. The molecule has 1 rings (SSSR count). The number of aliphatic hydroxyl groups is 1. The molecule has 0 aromatic heterocycles. The van der Waals surface area contributed by atoms with Crippen molar-refractivity contribution in [1.82, 2.24) is 4.90 Å². The number of rotatable bonds is 3. The van der Waals surface area contributed by atoms with Crippen molar-refractivity contribution in [2.45, 2.75) is 51.7 Å². The van der Waals surface area contributed by atoms with Crippen LogP contribution in [0.5, 0.6) is 0 Å². The summed E-state index contributed by atoms with van der Waals surface area (Å²) in [5, 5.41) is 10.8. The highest BCUT2D eigenvalue weighted by Crippen LogP contribution is 2.42. The topological polar surface area (TPSA) is 49.5 Å². The molecule has 1 aliphatic heterocycles. The Morgan fingerprint density at radius 2 is 2.20 bits per heavy atom. The Morgan fingerprint density at radius 3 is 2.60 bits per heavy atom. The van der Waals surface area contributed by atoms with E-state index in [0.29, 0.717) is 12.6 Å². The molecule has 3 nitrogen and oxygen atoms in total. The number of hydrogen-bond donors (Lipinski definition) is 2. The molecule has 3 unspecified atom stereocenters. The van der Waals surface area contributed by atoms with E-state index in [1.807, 2.05) is 0 Å². The Morgan fingerprint density at radius 1 is 1.60 bits per heavy atom. The van der Waals surface area contributed by atoms with Gasteiger partial charge >= 0.3 is 0 Å². The molecule has 0 aromatic rings. The van der Waals surface area contributed by atoms with E-state index in [1.54, 1.807) is 0 Å². The molecule has 0 radical (unpaired) electrons. The van der Waals surface area contributed by atoms with Crippen LogP contribution in [0.25, 0.3) is 0 Å². The van der Waals surface area contributed by atoms with Gasteiger partial charge in [-0.1, -0.05) is 13.8 Å². The van der Waals surface area contributed by atoms with Crippen LogP contribution in [0.2, 0.25) is 0 Å². The zero-order valence-corrected chi connectivity index (χ0v) is 10.6. The van der Waals surface area contributed by atoms with Gasteiger partial charge in [-0.05, 0) is 33.2 Å². The molecule has 1 aliphatic rings. The second-order valence-electron chi connectivity index (χ2n) is 5.43. The van der Waals surface area contributed by atoms with E-state index in [1.165, 1.54) is 0 Å². The van der Waals surface area contributed by atoms with Crippen molar-refractivity contribution >= 4 is 0 Å². The van der Waals surface area contributed by atoms with Crippen molar-refractivity contribution in [1.29, 1.82) is 0 Å². The molecule has 3 heteroatoms. The third-order valence-corrected chi connectivity index (χ3v) is 4.62. The van der Waals surface area contributed by atoms with Gasteiger partial charge in [0.15, 0.2) is 0 Å². The quantitative estimate of drug-likeness (QED) is 0.742. The molecule has 1 saturated heterocycles. The molecule has 3 atom stereocenters. The van der Waals surface area contributed by atoms with Crippen LogP contribution in [0.15, 0.2) is 0 Å². The largest absolute Gasteiger partial charge is 0.389 e. The standard InChI is InChI=1S/C12H26N2O/c1-5-11(3,9-13)12(15)6-7-14(4)10(2)8-12/h10,15H,5-9,13H2,1-4H3.